The third kappa shape index (κ3) is 3.42. The first-order valence-corrected chi connectivity index (χ1v) is 7.37. The van der Waals surface area contributed by atoms with E-state index in [2.05, 4.69) is 4.90 Å². The van der Waals surface area contributed by atoms with Gasteiger partial charge in [0.1, 0.15) is 5.60 Å². The van der Waals surface area contributed by atoms with E-state index in [0.29, 0.717) is 19.6 Å². The molecule has 2 aliphatic heterocycles. The number of hydrogen-bond acceptors (Lipinski definition) is 5. The van der Waals surface area contributed by atoms with Gasteiger partial charge >= 0.3 is 6.09 Å². The molecular formula is C14H27N3O3. The summed E-state index contributed by atoms with van der Waals surface area (Å²) >= 11 is 0. The molecule has 2 aliphatic rings. The van der Waals surface area contributed by atoms with Gasteiger partial charge in [-0.1, -0.05) is 0 Å². The second-order valence-electron chi connectivity index (χ2n) is 6.68. The quantitative estimate of drug-likeness (QED) is 0.807. The zero-order valence-corrected chi connectivity index (χ0v) is 12.9. The summed E-state index contributed by atoms with van der Waals surface area (Å²) in [7, 11) is 0. The molecule has 0 aromatic carbocycles. The molecule has 0 saturated carbocycles. The molecule has 0 bridgehead atoms. The first-order chi connectivity index (χ1) is 9.36. The van der Waals surface area contributed by atoms with Crippen LogP contribution in [0.5, 0.6) is 0 Å². The molecule has 2 N–H and O–H groups in total. The van der Waals surface area contributed by atoms with Gasteiger partial charge in [-0.2, -0.15) is 0 Å². The number of hydrogen-bond donors (Lipinski definition) is 1. The van der Waals surface area contributed by atoms with Crippen molar-refractivity contribution in [2.24, 2.45) is 5.73 Å². The van der Waals surface area contributed by atoms with Crippen LogP contribution in [0.1, 0.15) is 27.2 Å². The third-order valence-corrected chi connectivity index (χ3v) is 4.05. The molecule has 2 heterocycles. The van der Waals surface area contributed by atoms with Crippen LogP contribution in [0.4, 0.5) is 4.79 Å². The van der Waals surface area contributed by atoms with Crippen molar-refractivity contribution >= 4 is 6.09 Å². The molecule has 0 aromatic rings. The van der Waals surface area contributed by atoms with Crippen molar-refractivity contribution < 1.29 is 14.3 Å². The van der Waals surface area contributed by atoms with Gasteiger partial charge < -0.3 is 20.1 Å². The van der Waals surface area contributed by atoms with E-state index in [1.165, 1.54) is 0 Å². The Bertz CT molecular complexity index is 350. The van der Waals surface area contributed by atoms with Gasteiger partial charge in [0.15, 0.2) is 0 Å². The van der Waals surface area contributed by atoms with E-state index in [1.807, 2.05) is 20.8 Å². The maximum Gasteiger partial charge on any atom is 0.410 e. The van der Waals surface area contributed by atoms with E-state index in [9.17, 15) is 4.79 Å². The van der Waals surface area contributed by atoms with Gasteiger partial charge in [0.05, 0.1) is 18.8 Å². The second-order valence-corrected chi connectivity index (χ2v) is 6.68. The van der Waals surface area contributed by atoms with Crippen LogP contribution < -0.4 is 5.73 Å². The SMILES string of the molecule is CC(C)(C)OC(=O)N1CCC(CN)(N2CCOCC2)C1. The van der Waals surface area contributed by atoms with Gasteiger partial charge in [0, 0.05) is 32.7 Å². The lowest BCUT2D eigenvalue weighted by atomic mass is 9.95. The molecule has 2 rings (SSSR count). The van der Waals surface area contributed by atoms with Crippen molar-refractivity contribution in [3.05, 3.63) is 0 Å². The molecule has 2 saturated heterocycles. The van der Waals surface area contributed by atoms with Crippen LogP contribution in [-0.4, -0.2) is 73.0 Å². The normalized spacial score (nSPS) is 28.7. The Kier molecular flexibility index (Phi) is 4.56. The lowest BCUT2D eigenvalue weighted by Crippen LogP contribution is -2.59. The average Bonchev–Trinajstić information content (AvgIpc) is 2.84. The summed E-state index contributed by atoms with van der Waals surface area (Å²) in [6, 6.07) is 0. The molecule has 6 heteroatoms. The number of ether oxygens (including phenoxy) is 2. The van der Waals surface area contributed by atoms with Gasteiger partial charge in [-0.25, -0.2) is 4.79 Å². The minimum atomic E-state index is -0.454. The van der Waals surface area contributed by atoms with Gasteiger partial charge in [0.25, 0.3) is 0 Å². The molecule has 2 fully saturated rings. The van der Waals surface area contributed by atoms with Crippen molar-refractivity contribution in [2.75, 3.05) is 45.9 Å². The van der Waals surface area contributed by atoms with Crippen LogP contribution in [0.15, 0.2) is 0 Å². The predicted molar refractivity (Wildman–Crippen MR) is 76.6 cm³/mol. The Balaban J connectivity index is 1.99. The van der Waals surface area contributed by atoms with E-state index in [4.69, 9.17) is 15.2 Å². The number of likely N-dealkylation sites (tertiary alicyclic amines) is 1. The Morgan fingerprint density at radius 2 is 1.95 bits per heavy atom. The number of nitrogens with zero attached hydrogens (tertiary/aromatic N) is 2. The molecule has 6 nitrogen and oxygen atoms in total. The molecule has 0 aromatic heterocycles. The number of carbonyl (C=O) groups excluding carboxylic acids is 1. The van der Waals surface area contributed by atoms with Gasteiger partial charge in [-0.15, -0.1) is 0 Å². The maximum absolute atomic E-state index is 12.2. The fourth-order valence-corrected chi connectivity index (χ4v) is 2.93. The fraction of sp³-hybridized carbons (Fsp3) is 0.929. The lowest BCUT2D eigenvalue weighted by molar-refractivity contribution is -0.0184. The van der Waals surface area contributed by atoms with E-state index in [0.717, 1.165) is 32.7 Å². The molecule has 20 heavy (non-hydrogen) atoms. The highest BCUT2D eigenvalue weighted by atomic mass is 16.6. The van der Waals surface area contributed by atoms with Crippen LogP contribution in [0.25, 0.3) is 0 Å². The van der Waals surface area contributed by atoms with Crippen LogP contribution in [0.3, 0.4) is 0 Å². The third-order valence-electron chi connectivity index (χ3n) is 4.05. The smallest absolute Gasteiger partial charge is 0.410 e. The largest absolute Gasteiger partial charge is 0.444 e. The fourth-order valence-electron chi connectivity index (χ4n) is 2.93. The number of amides is 1. The summed E-state index contributed by atoms with van der Waals surface area (Å²) in [5.41, 5.74) is 5.46. The van der Waals surface area contributed by atoms with Gasteiger partial charge in [0.2, 0.25) is 0 Å². The molecule has 0 aliphatic carbocycles. The molecule has 1 atom stereocenters. The molecule has 0 spiro atoms. The van der Waals surface area contributed by atoms with Crippen molar-refractivity contribution in [3.8, 4) is 0 Å². The average molecular weight is 285 g/mol. The minimum absolute atomic E-state index is 0.110. The van der Waals surface area contributed by atoms with Crippen molar-refractivity contribution in [3.63, 3.8) is 0 Å². The van der Waals surface area contributed by atoms with E-state index in [-0.39, 0.29) is 11.6 Å². The summed E-state index contributed by atoms with van der Waals surface area (Å²) in [6.45, 7) is 10.9. The highest BCUT2D eigenvalue weighted by molar-refractivity contribution is 5.68. The van der Waals surface area contributed by atoms with E-state index in [1.54, 1.807) is 4.90 Å². The van der Waals surface area contributed by atoms with Crippen LogP contribution in [-0.2, 0) is 9.47 Å². The molecule has 116 valence electrons. The van der Waals surface area contributed by atoms with Crippen LogP contribution in [0.2, 0.25) is 0 Å². The molecule has 0 radical (unpaired) electrons. The Morgan fingerprint density at radius 1 is 1.30 bits per heavy atom. The Morgan fingerprint density at radius 3 is 2.50 bits per heavy atom. The molecule has 1 unspecified atom stereocenters. The van der Waals surface area contributed by atoms with Crippen LogP contribution in [0, 0.1) is 0 Å². The monoisotopic (exact) mass is 285 g/mol. The predicted octanol–water partition coefficient (Wildman–Crippen LogP) is 0.657. The number of carbonyl (C=O) groups is 1. The van der Waals surface area contributed by atoms with E-state index >= 15 is 0 Å². The van der Waals surface area contributed by atoms with E-state index < -0.39 is 5.60 Å². The highest BCUT2D eigenvalue weighted by Crippen LogP contribution is 2.29. The zero-order valence-electron chi connectivity index (χ0n) is 12.9. The Hall–Kier alpha value is -0.850. The number of rotatable bonds is 2. The summed E-state index contributed by atoms with van der Waals surface area (Å²) in [6.07, 6.45) is 0.670. The molecule has 1 amide bonds. The molecular weight excluding hydrogens is 258 g/mol. The number of morpholine rings is 1. The maximum atomic E-state index is 12.2. The van der Waals surface area contributed by atoms with Gasteiger partial charge in [-0.3, -0.25) is 4.90 Å². The van der Waals surface area contributed by atoms with Crippen molar-refractivity contribution in [2.45, 2.75) is 38.3 Å². The van der Waals surface area contributed by atoms with Crippen molar-refractivity contribution in [1.29, 1.82) is 0 Å². The first-order valence-electron chi connectivity index (χ1n) is 7.37. The lowest BCUT2D eigenvalue weighted by Gasteiger charge is -2.42. The standard InChI is InChI=1S/C14H27N3O3/c1-13(2,3)20-12(18)16-5-4-14(10-15,11-16)17-6-8-19-9-7-17/h4-11,15H2,1-3H3. The first kappa shape index (κ1) is 15.5. The number of nitrogens with two attached hydrogens (primary N) is 1. The summed E-state index contributed by atoms with van der Waals surface area (Å²) in [5, 5.41) is 0. The Labute approximate surface area is 121 Å². The zero-order chi connectivity index (χ0) is 14.8. The van der Waals surface area contributed by atoms with Crippen LogP contribution >= 0.6 is 0 Å². The summed E-state index contributed by atoms with van der Waals surface area (Å²) < 4.78 is 10.9. The summed E-state index contributed by atoms with van der Waals surface area (Å²) in [5.74, 6) is 0. The summed E-state index contributed by atoms with van der Waals surface area (Å²) in [4.78, 5) is 16.3. The second kappa shape index (κ2) is 5.87. The van der Waals surface area contributed by atoms with Gasteiger partial charge in [-0.05, 0) is 27.2 Å². The topological polar surface area (TPSA) is 68.0 Å². The highest BCUT2D eigenvalue weighted by Gasteiger charge is 2.44. The minimum Gasteiger partial charge on any atom is -0.444 e. The van der Waals surface area contributed by atoms with Crippen molar-refractivity contribution in [1.82, 2.24) is 9.80 Å².